The molecule has 0 aromatic carbocycles. The smallest absolute Gasteiger partial charge is 0.170 e. The normalized spacial score (nSPS) is 12.3. The number of carbonyl (C=O) groups is 1. The molecule has 0 aliphatic carbocycles. The molecule has 0 bridgehead atoms. The summed E-state index contributed by atoms with van der Waals surface area (Å²) in [5, 5.41) is 0. The maximum absolute atomic E-state index is 10.5. The number of nitrogens with zero attached hydrogens (tertiary/aromatic N) is 3. The second-order valence-electron chi connectivity index (χ2n) is 3.25. The van der Waals surface area contributed by atoms with Crippen LogP contribution in [0.5, 0.6) is 0 Å². The quantitative estimate of drug-likeness (QED) is 0.534. The number of hydrogen-bond donors (Lipinski definition) is 0. The van der Waals surface area contributed by atoms with Crippen LogP contribution in [-0.2, 0) is 6.54 Å². The number of aromatic nitrogens is 3. The van der Waals surface area contributed by atoms with Gasteiger partial charge in [0.25, 0.3) is 0 Å². The Bertz CT molecular complexity index is 516. The van der Waals surface area contributed by atoms with E-state index in [-0.39, 0.29) is 0 Å². The van der Waals surface area contributed by atoms with E-state index in [2.05, 4.69) is 9.97 Å². The van der Waals surface area contributed by atoms with Gasteiger partial charge in [0.1, 0.15) is 11.4 Å². The van der Waals surface area contributed by atoms with Crippen molar-refractivity contribution in [3.05, 3.63) is 35.8 Å². The van der Waals surface area contributed by atoms with E-state index in [0.717, 1.165) is 29.9 Å². The molecule has 0 spiro atoms. The Morgan fingerprint density at radius 3 is 3.29 bits per heavy atom. The Kier molecular flexibility index (Phi) is 1.33. The highest BCUT2D eigenvalue weighted by atomic mass is 16.1. The molecule has 68 valence electrons. The Morgan fingerprint density at radius 2 is 2.43 bits per heavy atom. The van der Waals surface area contributed by atoms with Crippen molar-refractivity contribution < 1.29 is 4.79 Å². The van der Waals surface area contributed by atoms with E-state index in [1.165, 1.54) is 0 Å². The molecule has 4 nitrogen and oxygen atoms in total. The topological polar surface area (TPSA) is 47.8 Å². The molecule has 0 unspecified atom stereocenters. The summed E-state index contributed by atoms with van der Waals surface area (Å²) < 4.78 is 1.95. The molecule has 2 aromatic heterocycles. The monoisotopic (exact) mass is 185 g/mol. The second-order valence-corrected chi connectivity index (χ2v) is 3.25. The molecular formula is C10H7N3O. The van der Waals surface area contributed by atoms with Crippen molar-refractivity contribution in [1.82, 2.24) is 14.5 Å². The van der Waals surface area contributed by atoms with Crippen LogP contribution >= 0.6 is 0 Å². The molecular weight excluding hydrogens is 178 g/mol. The van der Waals surface area contributed by atoms with Gasteiger partial charge in [-0.1, -0.05) is 6.07 Å². The molecule has 2 aromatic rings. The lowest BCUT2D eigenvalue weighted by atomic mass is 10.2. The summed E-state index contributed by atoms with van der Waals surface area (Å²) in [7, 11) is 0. The summed E-state index contributed by atoms with van der Waals surface area (Å²) in [5.74, 6) is 0.794. The van der Waals surface area contributed by atoms with Gasteiger partial charge in [0.2, 0.25) is 0 Å². The highest BCUT2D eigenvalue weighted by Gasteiger charge is 2.21. The van der Waals surface area contributed by atoms with Gasteiger partial charge >= 0.3 is 0 Å². The summed E-state index contributed by atoms with van der Waals surface area (Å²) in [5.41, 5.74) is 2.52. The molecule has 3 heterocycles. The van der Waals surface area contributed by atoms with Gasteiger partial charge in [-0.15, -0.1) is 0 Å². The predicted molar refractivity (Wildman–Crippen MR) is 49.9 cm³/mol. The second kappa shape index (κ2) is 2.51. The summed E-state index contributed by atoms with van der Waals surface area (Å²) in [6.45, 7) is 0.763. The minimum atomic E-state index is 0.469. The van der Waals surface area contributed by atoms with Crippen LogP contribution in [0, 0.1) is 0 Å². The van der Waals surface area contributed by atoms with Gasteiger partial charge in [-0.25, -0.2) is 4.98 Å². The molecule has 0 fully saturated rings. The third kappa shape index (κ3) is 0.849. The lowest BCUT2D eigenvalue weighted by Crippen LogP contribution is -1.89. The number of fused-ring (bicyclic) bond motifs is 3. The molecule has 0 amide bonds. The van der Waals surface area contributed by atoms with Gasteiger partial charge in [-0.2, -0.15) is 0 Å². The van der Waals surface area contributed by atoms with Gasteiger partial charge < -0.3 is 4.57 Å². The Morgan fingerprint density at radius 1 is 1.50 bits per heavy atom. The maximum Gasteiger partial charge on any atom is 0.170 e. The summed E-state index contributed by atoms with van der Waals surface area (Å²) in [6, 6.07) is 3.93. The summed E-state index contributed by atoms with van der Waals surface area (Å²) >= 11 is 0. The summed E-state index contributed by atoms with van der Waals surface area (Å²) in [4.78, 5) is 19.0. The first-order valence-corrected chi connectivity index (χ1v) is 4.35. The van der Waals surface area contributed by atoms with Crippen LogP contribution in [0.2, 0.25) is 0 Å². The van der Waals surface area contributed by atoms with E-state index in [0.29, 0.717) is 5.69 Å². The van der Waals surface area contributed by atoms with Crippen LogP contribution in [0.15, 0.2) is 24.5 Å². The van der Waals surface area contributed by atoms with Crippen molar-refractivity contribution >= 4 is 6.29 Å². The molecule has 0 radical (unpaired) electrons. The third-order valence-corrected chi connectivity index (χ3v) is 2.36. The third-order valence-electron chi connectivity index (χ3n) is 2.36. The van der Waals surface area contributed by atoms with Crippen molar-refractivity contribution in [3.8, 4) is 11.5 Å². The van der Waals surface area contributed by atoms with E-state index < -0.39 is 0 Å². The number of carbonyl (C=O) groups excluding carboxylic acids is 1. The lowest BCUT2D eigenvalue weighted by molar-refractivity contribution is 0.111. The lowest BCUT2D eigenvalue weighted by Gasteiger charge is -1.93. The minimum absolute atomic E-state index is 0.469. The molecule has 3 rings (SSSR count). The van der Waals surface area contributed by atoms with Gasteiger partial charge in [-0.3, -0.25) is 9.78 Å². The van der Waals surface area contributed by atoms with Crippen LogP contribution in [0.3, 0.4) is 0 Å². The molecule has 0 saturated carbocycles. The van der Waals surface area contributed by atoms with Gasteiger partial charge in [-0.05, 0) is 6.07 Å². The Balaban J connectivity index is 2.24. The molecule has 0 N–H and O–H groups in total. The van der Waals surface area contributed by atoms with E-state index >= 15 is 0 Å². The minimum Gasteiger partial charge on any atom is -0.324 e. The van der Waals surface area contributed by atoms with Gasteiger partial charge in [0, 0.05) is 18.0 Å². The molecule has 4 heteroatoms. The molecule has 0 atom stereocenters. The zero-order chi connectivity index (χ0) is 9.54. The first-order valence-electron chi connectivity index (χ1n) is 4.35. The molecule has 1 aliphatic rings. The fraction of sp³-hybridized carbons (Fsp3) is 0.100. The van der Waals surface area contributed by atoms with Crippen LogP contribution < -0.4 is 0 Å². The van der Waals surface area contributed by atoms with Crippen LogP contribution in [-0.4, -0.2) is 20.8 Å². The van der Waals surface area contributed by atoms with Crippen molar-refractivity contribution in [2.75, 3.05) is 0 Å². The molecule has 1 aliphatic heterocycles. The number of aldehydes is 1. The highest BCUT2D eigenvalue weighted by Crippen LogP contribution is 2.28. The zero-order valence-electron chi connectivity index (χ0n) is 7.34. The average molecular weight is 185 g/mol. The summed E-state index contributed by atoms with van der Waals surface area (Å²) in [6.07, 6.45) is 4.25. The molecule has 0 saturated heterocycles. The number of rotatable bonds is 1. The van der Waals surface area contributed by atoms with E-state index in [4.69, 9.17) is 0 Å². The van der Waals surface area contributed by atoms with E-state index in [9.17, 15) is 4.79 Å². The largest absolute Gasteiger partial charge is 0.324 e. The number of imidazole rings is 1. The Labute approximate surface area is 80.2 Å². The molecule has 14 heavy (non-hydrogen) atoms. The van der Waals surface area contributed by atoms with Crippen molar-refractivity contribution in [3.63, 3.8) is 0 Å². The van der Waals surface area contributed by atoms with Crippen LogP contribution in [0.4, 0.5) is 0 Å². The van der Waals surface area contributed by atoms with E-state index in [1.807, 2.05) is 16.7 Å². The van der Waals surface area contributed by atoms with Gasteiger partial charge in [0.05, 0.1) is 6.54 Å². The highest BCUT2D eigenvalue weighted by molar-refractivity contribution is 5.74. The van der Waals surface area contributed by atoms with Gasteiger partial charge in [0.15, 0.2) is 12.1 Å². The first-order chi connectivity index (χ1) is 6.88. The standard InChI is InChI=1S/C10H7N3O/c14-6-8-5-13-4-7-2-1-3-11-9(7)10(13)12-8/h1-3,5-6H,4H2. The SMILES string of the molecule is O=Cc1cn2c(n1)-c1ncccc1C2. The van der Waals surface area contributed by atoms with Crippen molar-refractivity contribution in [2.45, 2.75) is 6.54 Å². The van der Waals surface area contributed by atoms with E-state index in [1.54, 1.807) is 12.4 Å². The average Bonchev–Trinajstić information content (AvgIpc) is 2.73. The zero-order valence-corrected chi connectivity index (χ0v) is 7.34. The van der Waals surface area contributed by atoms with Crippen LogP contribution in [0.1, 0.15) is 16.1 Å². The number of pyridine rings is 1. The fourth-order valence-corrected chi connectivity index (χ4v) is 1.75. The van der Waals surface area contributed by atoms with Crippen molar-refractivity contribution in [1.29, 1.82) is 0 Å². The first kappa shape index (κ1) is 7.44. The van der Waals surface area contributed by atoms with Crippen LogP contribution in [0.25, 0.3) is 11.5 Å². The predicted octanol–water partition coefficient (Wildman–Crippen LogP) is 1.12. The Hall–Kier alpha value is -1.97. The van der Waals surface area contributed by atoms with Crippen molar-refractivity contribution in [2.24, 2.45) is 0 Å². The number of hydrogen-bond acceptors (Lipinski definition) is 3. The fourth-order valence-electron chi connectivity index (χ4n) is 1.75. The maximum atomic E-state index is 10.5.